The summed E-state index contributed by atoms with van der Waals surface area (Å²) in [6.45, 7) is 2.02. The van der Waals surface area contributed by atoms with Gasteiger partial charge in [0, 0.05) is 12.4 Å². The number of rotatable bonds is 1. The Hall–Kier alpha value is -1.48. The van der Waals surface area contributed by atoms with Crippen LogP contribution in [0.15, 0.2) is 24.5 Å². The van der Waals surface area contributed by atoms with Crippen molar-refractivity contribution >= 4 is 11.0 Å². The van der Waals surface area contributed by atoms with Crippen LogP contribution in [0, 0.1) is 6.92 Å². The van der Waals surface area contributed by atoms with Gasteiger partial charge in [0.05, 0.1) is 17.6 Å². The van der Waals surface area contributed by atoms with E-state index in [1.54, 1.807) is 12.4 Å². The predicted octanol–water partition coefficient (Wildman–Crippen LogP) is 1.43. The Labute approximate surface area is 76.1 Å². The number of nitrogens with zero attached hydrogens (tertiary/aromatic N) is 2. The lowest BCUT2D eigenvalue weighted by Gasteiger charge is -2.02. The van der Waals surface area contributed by atoms with Crippen molar-refractivity contribution in [3.63, 3.8) is 0 Å². The third-order valence-electron chi connectivity index (χ3n) is 2.01. The Morgan fingerprint density at radius 2 is 2.00 bits per heavy atom. The smallest absolute Gasteiger partial charge is 0.0916 e. The number of hydrogen-bond acceptors (Lipinski definition) is 3. The lowest BCUT2D eigenvalue weighted by Crippen LogP contribution is -1.90. The maximum Gasteiger partial charge on any atom is 0.0916 e. The molecule has 0 fully saturated rings. The third-order valence-corrected chi connectivity index (χ3v) is 2.01. The van der Waals surface area contributed by atoms with Gasteiger partial charge in [0.2, 0.25) is 0 Å². The molecule has 0 aliphatic heterocycles. The zero-order valence-corrected chi connectivity index (χ0v) is 7.36. The summed E-state index contributed by atoms with van der Waals surface area (Å²) in [5.74, 6) is 0. The zero-order chi connectivity index (χ0) is 9.26. The number of aryl methyl sites for hydroxylation is 1. The molecular formula is C10H10N2O. The van der Waals surface area contributed by atoms with Crippen LogP contribution in [0.4, 0.5) is 0 Å². The molecule has 0 amide bonds. The Kier molecular flexibility index (Phi) is 1.94. The van der Waals surface area contributed by atoms with E-state index in [1.807, 2.05) is 19.1 Å². The molecule has 13 heavy (non-hydrogen) atoms. The minimum absolute atomic E-state index is 0.0490. The van der Waals surface area contributed by atoms with Crippen molar-refractivity contribution in [2.75, 3.05) is 0 Å². The van der Waals surface area contributed by atoms with E-state index in [0.717, 1.165) is 22.2 Å². The Morgan fingerprint density at radius 3 is 2.77 bits per heavy atom. The van der Waals surface area contributed by atoms with E-state index in [4.69, 9.17) is 5.11 Å². The summed E-state index contributed by atoms with van der Waals surface area (Å²) in [7, 11) is 0. The highest BCUT2D eigenvalue weighted by atomic mass is 16.3. The average molecular weight is 174 g/mol. The summed E-state index contributed by atoms with van der Waals surface area (Å²) in [6, 6.07) is 3.78. The SMILES string of the molecule is Cc1cc(CO)cc2nccnc12. The van der Waals surface area contributed by atoms with Gasteiger partial charge in [0.1, 0.15) is 0 Å². The maximum atomic E-state index is 8.97. The molecule has 1 aromatic heterocycles. The van der Waals surface area contributed by atoms with Crippen molar-refractivity contribution in [2.24, 2.45) is 0 Å². The van der Waals surface area contributed by atoms with E-state index < -0.39 is 0 Å². The van der Waals surface area contributed by atoms with Crippen molar-refractivity contribution in [2.45, 2.75) is 13.5 Å². The number of benzene rings is 1. The Balaban J connectivity index is 2.77. The molecule has 0 radical (unpaired) electrons. The standard InChI is InChI=1S/C10H10N2O/c1-7-4-8(6-13)5-9-10(7)12-3-2-11-9/h2-5,13H,6H2,1H3. The highest BCUT2D eigenvalue weighted by Gasteiger charge is 2.01. The molecule has 0 atom stereocenters. The zero-order valence-electron chi connectivity index (χ0n) is 7.36. The first-order valence-electron chi connectivity index (χ1n) is 4.12. The molecule has 3 heteroatoms. The third kappa shape index (κ3) is 1.38. The predicted molar refractivity (Wildman–Crippen MR) is 50.2 cm³/mol. The van der Waals surface area contributed by atoms with E-state index in [9.17, 15) is 0 Å². The van der Waals surface area contributed by atoms with E-state index in [2.05, 4.69) is 9.97 Å². The van der Waals surface area contributed by atoms with Crippen molar-refractivity contribution in [3.8, 4) is 0 Å². The molecule has 66 valence electrons. The second-order valence-corrected chi connectivity index (χ2v) is 2.99. The highest BCUT2D eigenvalue weighted by Crippen LogP contribution is 2.15. The van der Waals surface area contributed by atoms with Crippen LogP contribution in [0.1, 0.15) is 11.1 Å². The maximum absolute atomic E-state index is 8.97. The number of aromatic nitrogens is 2. The quantitative estimate of drug-likeness (QED) is 0.711. The van der Waals surface area contributed by atoms with Crippen LogP contribution < -0.4 is 0 Å². The van der Waals surface area contributed by atoms with Crippen molar-refractivity contribution < 1.29 is 5.11 Å². The van der Waals surface area contributed by atoms with Gasteiger partial charge in [-0.1, -0.05) is 6.07 Å². The van der Waals surface area contributed by atoms with Gasteiger partial charge in [0.15, 0.2) is 0 Å². The first-order chi connectivity index (χ1) is 6.31. The van der Waals surface area contributed by atoms with E-state index in [1.165, 1.54) is 0 Å². The minimum Gasteiger partial charge on any atom is -0.392 e. The summed E-state index contributed by atoms with van der Waals surface area (Å²) < 4.78 is 0. The topological polar surface area (TPSA) is 46.0 Å². The normalized spacial score (nSPS) is 10.6. The summed E-state index contributed by atoms with van der Waals surface area (Å²) in [5, 5.41) is 8.97. The van der Waals surface area contributed by atoms with Crippen molar-refractivity contribution in [1.82, 2.24) is 9.97 Å². The molecule has 0 aliphatic carbocycles. The fraction of sp³-hybridized carbons (Fsp3) is 0.200. The van der Waals surface area contributed by atoms with Gasteiger partial charge in [0.25, 0.3) is 0 Å². The molecular weight excluding hydrogens is 164 g/mol. The molecule has 0 spiro atoms. The number of fused-ring (bicyclic) bond motifs is 1. The first-order valence-corrected chi connectivity index (χ1v) is 4.12. The van der Waals surface area contributed by atoms with Gasteiger partial charge in [-0.2, -0.15) is 0 Å². The average Bonchev–Trinajstić information content (AvgIpc) is 2.18. The monoisotopic (exact) mass is 174 g/mol. The van der Waals surface area contributed by atoms with Crippen molar-refractivity contribution in [3.05, 3.63) is 35.7 Å². The van der Waals surface area contributed by atoms with Crippen LogP contribution in [0.5, 0.6) is 0 Å². The van der Waals surface area contributed by atoms with Crippen LogP contribution in [-0.2, 0) is 6.61 Å². The molecule has 1 aromatic carbocycles. The summed E-state index contributed by atoms with van der Waals surface area (Å²) in [6.07, 6.45) is 3.33. The molecule has 0 bridgehead atoms. The molecule has 1 heterocycles. The van der Waals surface area contributed by atoms with E-state index >= 15 is 0 Å². The molecule has 2 rings (SSSR count). The summed E-state index contributed by atoms with van der Waals surface area (Å²) >= 11 is 0. The summed E-state index contributed by atoms with van der Waals surface area (Å²) in [4.78, 5) is 8.39. The Bertz CT molecular complexity index is 440. The highest BCUT2D eigenvalue weighted by molar-refractivity contribution is 5.78. The van der Waals surface area contributed by atoms with E-state index in [0.29, 0.717) is 0 Å². The molecule has 0 saturated heterocycles. The lowest BCUT2D eigenvalue weighted by atomic mass is 10.1. The number of aliphatic hydroxyl groups excluding tert-OH is 1. The molecule has 0 unspecified atom stereocenters. The van der Waals surface area contributed by atoms with E-state index in [-0.39, 0.29) is 6.61 Å². The second kappa shape index (κ2) is 3.11. The molecule has 2 aromatic rings. The fourth-order valence-corrected chi connectivity index (χ4v) is 1.41. The van der Waals surface area contributed by atoms with Crippen LogP contribution in [0.3, 0.4) is 0 Å². The molecule has 1 N–H and O–H groups in total. The van der Waals surface area contributed by atoms with Gasteiger partial charge >= 0.3 is 0 Å². The fourth-order valence-electron chi connectivity index (χ4n) is 1.41. The summed E-state index contributed by atoms with van der Waals surface area (Å²) in [5.41, 5.74) is 3.67. The number of hydrogen-bond donors (Lipinski definition) is 1. The first kappa shape index (κ1) is 8.13. The van der Waals surface area contributed by atoms with Crippen LogP contribution >= 0.6 is 0 Å². The van der Waals surface area contributed by atoms with Gasteiger partial charge in [-0.25, -0.2) is 0 Å². The van der Waals surface area contributed by atoms with Crippen LogP contribution in [-0.4, -0.2) is 15.1 Å². The second-order valence-electron chi connectivity index (χ2n) is 2.99. The Morgan fingerprint density at radius 1 is 1.23 bits per heavy atom. The van der Waals surface area contributed by atoms with Crippen LogP contribution in [0.2, 0.25) is 0 Å². The molecule has 3 nitrogen and oxygen atoms in total. The van der Waals surface area contributed by atoms with Gasteiger partial charge in [-0.05, 0) is 24.1 Å². The lowest BCUT2D eigenvalue weighted by molar-refractivity contribution is 0.282. The van der Waals surface area contributed by atoms with Crippen molar-refractivity contribution in [1.29, 1.82) is 0 Å². The largest absolute Gasteiger partial charge is 0.392 e. The minimum atomic E-state index is 0.0490. The van der Waals surface area contributed by atoms with Crippen LogP contribution in [0.25, 0.3) is 11.0 Å². The molecule has 0 aliphatic rings. The molecule has 0 saturated carbocycles. The number of aliphatic hydroxyl groups is 1. The van der Waals surface area contributed by atoms with Gasteiger partial charge in [-0.3, -0.25) is 9.97 Å². The van der Waals surface area contributed by atoms with Gasteiger partial charge in [-0.15, -0.1) is 0 Å². The van der Waals surface area contributed by atoms with Gasteiger partial charge < -0.3 is 5.11 Å².